The van der Waals surface area contributed by atoms with Gasteiger partial charge in [0, 0.05) is 0 Å². The van der Waals surface area contributed by atoms with Crippen molar-refractivity contribution in [3.8, 4) is 0 Å². The highest BCUT2D eigenvalue weighted by Crippen LogP contribution is 2.31. The Bertz CT molecular complexity index is 411. The molecule has 0 unspecified atom stereocenters. The fourth-order valence-electron chi connectivity index (χ4n) is 2.24. The maximum atomic E-state index is 11.5. The highest BCUT2D eigenvalue weighted by atomic mass is 16.4. The zero-order valence-electron chi connectivity index (χ0n) is 11.1. The van der Waals surface area contributed by atoms with E-state index >= 15 is 0 Å². The fourth-order valence-corrected chi connectivity index (χ4v) is 2.24. The first-order valence-electron chi connectivity index (χ1n) is 6.58. The van der Waals surface area contributed by atoms with E-state index in [1.807, 2.05) is 0 Å². The summed E-state index contributed by atoms with van der Waals surface area (Å²) in [5.74, 6) is -2.58. The summed E-state index contributed by atoms with van der Waals surface area (Å²) < 4.78 is 0. The smallest absolute Gasteiger partial charge is 0.325 e. The third-order valence-electron chi connectivity index (χ3n) is 3.40. The molecule has 0 atom stereocenters. The second-order valence-electron chi connectivity index (χ2n) is 4.69. The number of benzene rings is 1. The van der Waals surface area contributed by atoms with Crippen molar-refractivity contribution in [1.29, 1.82) is 0 Å². The second kappa shape index (κ2) is 6.92. The standard InChI is InChI=1S/C15H20O4/c1-2-3-4-8-11-15(13(16)17,14(18)19)12-9-6-5-7-10-12/h5-7,9-10H,2-4,8,11H2,1H3,(H,16,17)(H,18,19). The molecular formula is C15H20O4. The Morgan fingerprint density at radius 1 is 1.00 bits per heavy atom. The number of carboxylic acids is 2. The molecule has 0 heterocycles. The molecule has 0 amide bonds. The zero-order valence-corrected chi connectivity index (χ0v) is 11.1. The molecule has 0 bridgehead atoms. The van der Waals surface area contributed by atoms with E-state index in [0.29, 0.717) is 12.0 Å². The fraction of sp³-hybridized carbons (Fsp3) is 0.467. The van der Waals surface area contributed by atoms with Crippen LogP contribution in [0.25, 0.3) is 0 Å². The van der Waals surface area contributed by atoms with Gasteiger partial charge in [-0.15, -0.1) is 0 Å². The molecule has 1 aromatic carbocycles. The maximum absolute atomic E-state index is 11.5. The predicted octanol–water partition coefficient (Wildman–Crippen LogP) is 3.06. The van der Waals surface area contributed by atoms with E-state index in [0.717, 1.165) is 19.3 Å². The molecule has 2 N–H and O–H groups in total. The zero-order chi connectivity index (χ0) is 14.3. The van der Waals surface area contributed by atoms with E-state index in [-0.39, 0.29) is 6.42 Å². The Hall–Kier alpha value is -1.84. The number of carbonyl (C=O) groups is 2. The summed E-state index contributed by atoms with van der Waals surface area (Å²) in [6, 6.07) is 8.23. The molecule has 0 aliphatic heterocycles. The Labute approximate surface area is 113 Å². The molecule has 0 radical (unpaired) electrons. The van der Waals surface area contributed by atoms with Crippen molar-refractivity contribution in [2.75, 3.05) is 0 Å². The number of carboxylic acid groups (broad SMARTS) is 2. The molecule has 1 aromatic rings. The van der Waals surface area contributed by atoms with Crippen LogP contribution < -0.4 is 0 Å². The van der Waals surface area contributed by atoms with Crippen LogP contribution in [0, 0.1) is 0 Å². The first-order valence-corrected chi connectivity index (χ1v) is 6.58. The molecule has 0 aliphatic rings. The quantitative estimate of drug-likeness (QED) is 0.559. The van der Waals surface area contributed by atoms with Crippen LogP contribution in [0.1, 0.15) is 44.6 Å². The van der Waals surface area contributed by atoms with E-state index in [2.05, 4.69) is 6.92 Å². The third kappa shape index (κ3) is 3.34. The number of hydrogen-bond donors (Lipinski definition) is 2. The lowest BCUT2D eigenvalue weighted by molar-refractivity contribution is -0.158. The van der Waals surface area contributed by atoms with Crippen LogP contribution in [-0.2, 0) is 15.0 Å². The maximum Gasteiger partial charge on any atom is 0.325 e. The number of hydrogen-bond acceptors (Lipinski definition) is 2. The highest BCUT2D eigenvalue weighted by Gasteiger charge is 2.47. The van der Waals surface area contributed by atoms with E-state index in [4.69, 9.17) is 0 Å². The van der Waals surface area contributed by atoms with E-state index in [9.17, 15) is 19.8 Å². The summed E-state index contributed by atoms with van der Waals surface area (Å²) in [6.45, 7) is 2.05. The van der Waals surface area contributed by atoms with Crippen LogP contribution >= 0.6 is 0 Å². The van der Waals surface area contributed by atoms with Crippen LogP contribution in [0.5, 0.6) is 0 Å². The second-order valence-corrected chi connectivity index (χ2v) is 4.69. The monoisotopic (exact) mass is 264 g/mol. The summed E-state index contributed by atoms with van der Waals surface area (Å²) in [7, 11) is 0. The van der Waals surface area contributed by atoms with Crippen LogP contribution in [0.15, 0.2) is 30.3 Å². The Kier molecular flexibility index (Phi) is 5.55. The van der Waals surface area contributed by atoms with Crippen molar-refractivity contribution in [3.63, 3.8) is 0 Å². The van der Waals surface area contributed by atoms with Crippen LogP contribution in [0.3, 0.4) is 0 Å². The Morgan fingerprint density at radius 2 is 1.58 bits per heavy atom. The molecule has 0 aromatic heterocycles. The van der Waals surface area contributed by atoms with E-state index in [1.54, 1.807) is 30.3 Å². The van der Waals surface area contributed by atoms with Gasteiger partial charge >= 0.3 is 11.9 Å². The van der Waals surface area contributed by atoms with Gasteiger partial charge in [-0.2, -0.15) is 0 Å². The van der Waals surface area contributed by atoms with Crippen molar-refractivity contribution in [3.05, 3.63) is 35.9 Å². The highest BCUT2D eigenvalue weighted by molar-refractivity contribution is 6.04. The number of unbranched alkanes of at least 4 members (excludes halogenated alkanes) is 3. The van der Waals surface area contributed by atoms with Gasteiger partial charge in [0.25, 0.3) is 0 Å². The molecule has 0 aliphatic carbocycles. The van der Waals surface area contributed by atoms with Gasteiger partial charge in [0.15, 0.2) is 5.41 Å². The SMILES string of the molecule is CCCCCCC(C(=O)O)(C(=O)O)c1ccccc1. The molecule has 1 rings (SSSR count). The molecule has 4 nitrogen and oxygen atoms in total. The Balaban J connectivity index is 3.02. The molecular weight excluding hydrogens is 244 g/mol. The van der Waals surface area contributed by atoms with Gasteiger partial charge in [-0.1, -0.05) is 62.9 Å². The minimum atomic E-state index is -1.82. The van der Waals surface area contributed by atoms with Crippen molar-refractivity contribution < 1.29 is 19.8 Å². The third-order valence-corrected chi connectivity index (χ3v) is 3.40. The largest absolute Gasteiger partial charge is 0.480 e. The van der Waals surface area contributed by atoms with E-state index in [1.165, 1.54) is 0 Å². The normalized spacial score (nSPS) is 11.2. The molecule has 104 valence electrons. The van der Waals surface area contributed by atoms with Crippen molar-refractivity contribution >= 4 is 11.9 Å². The van der Waals surface area contributed by atoms with Crippen LogP contribution in [0.4, 0.5) is 0 Å². The van der Waals surface area contributed by atoms with Gasteiger partial charge < -0.3 is 10.2 Å². The Morgan fingerprint density at radius 3 is 2.05 bits per heavy atom. The lowest BCUT2D eigenvalue weighted by Crippen LogP contribution is -2.43. The minimum absolute atomic E-state index is 0.127. The van der Waals surface area contributed by atoms with Crippen molar-refractivity contribution in [2.24, 2.45) is 0 Å². The van der Waals surface area contributed by atoms with Crippen molar-refractivity contribution in [2.45, 2.75) is 44.4 Å². The average molecular weight is 264 g/mol. The summed E-state index contributed by atoms with van der Waals surface area (Å²) in [5.41, 5.74) is -1.49. The van der Waals surface area contributed by atoms with Gasteiger partial charge in [0.1, 0.15) is 0 Å². The van der Waals surface area contributed by atoms with Crippen LogP contribution in [0.2, 0.25) is 0 Å². The first kappa shape index (κ1) is 15.2. The number of aliphatic carboxylic acids is 2. The average Bonchev–Trinajstić information content (AvgIpc) is 2.39. The van der Waals surface area contributed by atoms with Gasteiger partial charge in [-0.25, -0.2) is 0 Å². The minimum Gasteiger partial charge on any atom is -0.480 e. The lowest BCUT2D eigenvalue weighted by atomic mass is 9.76. The molecule has 0 spiro atoms. The molecule has 19 heavy (non-hydrogen) atoms. The predicted molar refractivity (Wildman–Crippen MR) is 72.2 cm³/mol. The lowest BCUT2D eigenvalue weighted by Gasteiger charge is -2.25. The van der Waals surface area contributed by atoms with Crippen LogP contribution in [-0.4, -0.2) is 22.2 Å². The summed E-state index contributed by atoms with van der Waals surface area (Å²) >= 11 is 0. The summed E-state index contributed by atoms with van der Waals surface area (Å²) in [4.78, 5) is 23.1. The molecule has 0 saturated heterocycles. The topological polar surface area (TPSA) is 74.6 Å². The summed E-state index contributed by atoms with van der Waals surface area (Å²) in [5, 5.41) is 18.8. The molecule has 0 fully saturated rings. The first-order chi connectivity index (χ1) is 9.05. The molecule has 0 saturated carbocycles. The van der Waals surface area contributed by atoms with Gasteiger partial charge in [-0.05, 0) is 12.0 Å². The van der Waals surface area contributed by atoms with Gasteiger partial charge in [0.2, 0.25) is 0 Å². The number of rotatable bonds is 8. The molecule has 4 heteroatoms. The van der Waals surface area contributed by atoms with Crippen molar-refractivity contribution in [1.82, 2.24) is 0 Å². The van der Waals surface area contributed by atoms with Gasteiger partial charge in [-0.3, -0.25) is 9.59 Å². The van der Waals surface area contributed by atoms with E-state index < -0.39 is 17.4 Å². The van der Waals surface area contributed by atoms with Gasteiger partial charge in [0.05, 0.1) is 0 Å². The summed E-state index contributed by atoms with van der Waals surface area (Å²) in [6.07, 6.45) is 3.59.